The topological polar surface area (TPSA) is 52.0 Å². The zero-order valence-corrected chi connectivity index (χ0v) is 16.1. The van der Waals surface area contributed by atoms with Crippen LogP contribution in [0.4, 0.5) is 28.4 Å². The van der Waals surface area contributed by atoms with Crippen LogP contribution in [0.5, 0.6) is 0 Å². The molecule has 0 atom stereocenters. The number of aryl methyl sites for hydroxylation is 1. The van der Waals surface area contributed by atoms with Crippen molar-refractivity contribution in [3.63, 3.8) is 0 Å². The van der Waals surface area contributed by atoms with Gasteiger partial charge >= 0.3 is 0 Å². The number of hydrogen-bond acceptors (Lipinski definition) is 5. The highest BCUT2D eigenvalue weighted by atomic mass is 15.4. The van der Waals surface area contributed by atoms with Gasteiger partial charge in [-0.05, 0) is 86.0 Å². The first-order valence-corrected chi connectivity index (χ1v) is 9.72. The van der Waals surface area contributed by atoms with Gasteiger partial charge in [-0.25, -0.2) is 0 Å². The molecule has 1 fully saturated rings. The Hall–Kier alpha value is -3.34. The first-order chi connectivity index (χ1) is 13.8. The molecule has 0 unspecified atom stereocenters. The second kappa shape index (κ2) is 8.57. The van der Waals surface area contributed by atoms with Crippen LogP contribution in [-0.2, 0) is 0 Å². The van der Waals surface area contributed by atoms with E-state index in [1.165, 1.54) is 24.1 Å². The molecule has 0 spiro atoms. The summed E-state index contributed by atoms with van der Waals surface area (Å²) in [5.74, 6) is 0. The number of benzene rings is 3. The summed E-state index contributed by atoms with van der Waals surface area (Å²) in [6, 6.07) is 24.4. The van der Waals surface area contributed by atoms with Gasteiger partial charge in [-0.2, -0.15) is 10.2 Å². The van der Waals surface area contributed by atoms with Crippen LogP contribution in [0.3, 0.4) is 0 Å². The standard InChI is InChI=1S/C23H25N5/c1-18-5-4-6-22(17-18)27-26-20-9-7-19(8-10-20)24-25-21-11-13-23(14-12-21)28-15-2-3-16-28/h4-14,17,26-27H,2-3,15-16H2,1H3. The minimum absolute atomic E-state index is 0.824. The van der Waals surface area contributed by atoms with E-state index in [1.54, 1.807) is 0 Å². The maximum Gasteiger partial charge on any atom is 0.0858 e. The lowest BCUT2D eigenvalue weighted by Crippen LogP contribution is -2.17. The molecule has 3 aromatic carbocycles. The van der Waals surface area contributed by atoms with Gasteiger partial charge in [-0.1, -0.05) is 12.1 Å². The minimum atomic E-state index is 0.824. The molecule has 0 bridgehead atoms. The SMILES string of the molecule is Cc1cccc(NNc2ccc(N=Nc3ccc(N4CCCC4)cc3)cc2)c1. The van der Waals surface area contributed by atoms with Crippen LogP contribution in [0, 0.1) is 6.92 Å². The smallest absolute Gasteiger partial charge is 0.0858 e. The highest BCUT2D eigenvalue weighted by Gasteiger charge is 2.11. The first kappa shape index (κ1) is 18.0. The summed E-state index contributed by atoms with van der Waals surface area (Å²) in [5, 5.41) is 8.69. The van der Waals surface area contributed by atoms with E-state index in [4.69, 9.17) is 0 Å². The largest absolute Gasteiger partial charge is 0.372 e. The van der Waals surface area contributed by atoms with Crippen LogP contribution in [0.25, 0.3) is 0 Å². The maximum absolute atomic E-state index is 4.35. The van der Waals surface area contributed by atoms with Crippen LogP contribution < -0.4 is 15.8 Å². The third-order valence-electron chi connectivity index (χ3n) is 4.84. The Morgan fingerprint density at radius 1 is 0.714 bits per heavy atom. The number of hydrazine groups is 1. The van der Waals surface area contributed by atoms with Crippen molar-refractivity contribution < 1.29 is 0 Å². The summed E-state index contributed by atoms with van der Waals surface area (Å²) in [5.41, 5.74) is 12.6. The van der Waals surface area contributed by atoms with E-state index in [1.807, 2.05) is 48.5 Å². The zero-order chi connectivity index (χ0) is 19.2. The quantitative estimate of drug-likeness (QED) is 0.387. The van der Waals surface area contributed by atoms with Crippen molar-refractivity contribution in [2.75, 3.05) is 28.8 Å². The van der Waals surface area contributed by atoms with Gasteiger partial charge in [0.2, 0.25) is 0 Å². The molecule has 0 radical (unpaired) electrons. The Bertz CT molecular complexity index is 926. The molecule has 3 aromatic rings. The zero-order valence-electron chi connectivity index (χ0n) is 16.1. The minimum Gasteiger partial charge on any atom is -0.372 e. The van der Waals surface area contributed by atoms with Gasteiger partial charge < -0.3 is 15.8 Å². The van der Waals surface area contributed by atoms with Gasteiger partial charge in [0.15, 0.2) is 0 Å². The Balaban J connectivity index is 1.33. The van der Waals surface area contributed by atoms with Crippen LogP contribution in [0.2, 0.25) is 0 Å². The lowest BCUT2D eigenvalue weighted by molar-refractivity contribution is 0.949. The number of rotatable bonds is 6. The fraction of sp³-hybridized carbons (Fsp3) is 0.217. The van der Waals surface area contributed by atoms with Gasteiger partial charge in [-0.15, -0.1) is 0 Å². The van der Waals surface area contributed by atoms with Gasteiger partial charge in [0.05, 0.1) is 22.7 Å². The fourth-order valence-electron chi connectivity index (χ4n) is 3.30. The van der Waals surface area contributed by atoms with Crippen LogP contribution in [0.1, 0.15) is 18.4 Å². The molecule has 0 amide bonds. The molecule has 1 aliphatic heterocycles. The van der Waals surface area contributed by atoms with E-state index >= 15 is 0 Å². The Morgan fingerprint density at radius 2 is 1.32 bits per heavy atom. The average Bonchev–Trinajstić information content (AvgIpc) is 3.27. The highest BCUT2D eigenvalue weighted by molar-refractivity contribution is 5.57. The molecule has 1 heterocycles. The van der Waals surface area contributed by atoms with Crippen LogP contribution >= 0.6 is 0 Å². The summed E-state index contributed by atoms with van der Waals surface area (Å²) in [6.45, 7) is 4.38. The lowest BCUT2D eigenvalue weighted by atomic mass is 10.2. The molecule has 4 rings (SSSR count). The third-order valence-corrected chi connectivity index (χ3v) is 4.84. The first-order valence-electron chi connectivity index (χ1n) is 9.72. The van der Waals surface area contributed by atoms with Gasteiger partial charge in [0.25, 0.3) is 0 Å². The van der Waals surface area contributed by atoms with E-state index in [-0.39, 0.29) is 0 Å². The second-order valence-corrected chi connectivity index (χ2v) is 7.08. The fourth-order valence-corrected chi connectivity index (χ4v) is 3.30. The second-order valence-electron chi connectivity index (χ2n) is 7.08. The van der Waals surface area contributed by atoms with Crippen molar-refractivity contribution >= 4 is 28.4 Å². The molecule has 2 N–H and O–H groups in total. The maximum atomic E-state index is 4.35. The molecule has 5 heteroatoms. The number of azo groups is 1. The van der Waals surface area contributed by atoms with Crippen molar-refractivity contribution in [1.29, 1.82) is 0 Å². The molecule has 28 heavy (non-hydrogen) atoms. The van der Waals surface area contributed by atoms with Gasteiger partial charge in [0.1, 0.15) is 0 Å². The Morgan fingerprint density at radius 3 is 1.96 bits per heavy atom. The molecular weight excluding hydrogens is 346 g/mol. The van der Waals surface area contributed by atoms with E-state index in [2.05, 4.69) is 57.2 Å². The summed E-state index contributed by atoms with van der Waals surface area (Å²) in [4.78, 5) is 2.41. The van der Waals surface area contributed by atoms with Crippen LogP contribution in [-0.4, -0.2) is 13.1 Å². The number of anilines is 3. The van der Waals surface area contributed by atoms with E-state index < -0.39 is 0 Å². The summed E-state index contributed by atoms with van der Waals surface area (Å²) >= 11 is 0. The molecule has 0 saturated carbocycles. The number of nitrogens with one attached hydrogen (secondary N) is 2. The van der Waals surface area contributed by atoms with Crippen molar-refractivity contribution in [1.82, 2.24) is 0 Å². The molecule has 1 aliphatic rings. The molecular formula is C23H25N5. The van der Waals surface area contributed by atoms with E-state index in [0.717, 1.165) is 35.8 Å². The predicted molar refractivity (Wildman–Crippen MR) is 117 cm³/mol. The normalized spacial score (nSPS) is 13.8. The van der Waals surface area contributed by atoms with E-state index in [0.29, 0.717) is 0 Å². The Labute approximate surface area is 166 Å². The summed E-state index contributed by atoms with van der Waals surface area (Å²) in [7, 11) is 0. The predicted octanol–water partition coefficient (Wildman–Crippen LogP) is 6.45. The van der Waals surface area contributed by atoms with Gasteiger partial charge in [-0.3, -0.25) is 0 Å². The molecule has 0 aromatic heterocycles. The van der Waals surface area contributed by atoms with Crippen molar-refractivity contribution in [3.8, 4) is 0 Å². The summed E-state index contributed by atoms with van der Waals surface area (Å²) in [6.07, 6.45) is 2.57. The van der Waals surface area contributed by atoms with Crippen molar-refractivity contribution in [2.45, 2.75) is 19.8 Å². The third kappa shape index (κ3) is 4.68. The molecule has 5 nitrogen and oxygen atoms in total. The highest BCUT2D eigenvalue weighted by Crippen LogP contribution is 2.25. The molecule has 1 saturated heterocycles. The number of hydrogen-bond donors (Lipinski definition) is 2. The van der Waals surface area contributed by atoms with Crippen molar-refractivity contribution in [2.24, 2.45) is 10.2 Å². The molecule has 142 valence electrons. The molecule has 0 aliphatic carbocycles. The van der Waals surface area contributed by atoms with E-state index in [9.17, 15) is 0 Å². The Kier molecular flexibility index (Phi) is 5.52. The van der Waals surface area contributed by atoms with Crippen molar-refractivity contribution in [3.05, 3.63) is 78.4 Å². The lowest BCUT2D eigenvalue weighted by Gasteiger charge is -2.17. The summed E-state index contributed by atoms with van der Waals surface area (Å²) < 4.78 is 0. The monoisotopic (exact) mass is 371 g/mol. The number of nitrogens with zero attached hydrogens (tertiary/aromatic N) is 3. The van der Waals surface area contributed by atoms with Gasteiger partial charge in [0, 0.05) is 18.8 Å². The average molecular weight is 371 g/mol. The van der Waals surface area contributed by atoms with Crippen LogP contribution in [0.15, 0.2) is 83.0 Å².